The molecule has 0 amide bonds. The highest BCUT2D eigenvalue weighted by Crippen LogP contribution is 1.98. The lowest BCUT2D eigenvalue weighted by atomic mass is 13.9. The van der Waals surface area contributed by atoms with Gasteiger partial charge in [0.25, 0.3) is 0 Å². The Bertz CT molecular complexity index is 34.6. The van der Waals surface area contributed by atoms with Crippen molar-refractivity contribution in [3.63, 3.8) is 0 Å². The Morgan fingerprint density at radius 2 is 2.20 bits per heavy atom. The fraction of sp³-hybridized carbons (Fsp3) is 0. The van der Waals surface area contributed by atoms with Crippen LogP contribution in [0.4, 0.5) is 0 Å². The maximum atomic E-state index is 4.42. The second-order valence-corrected chi connectivity index (χ2v) is 4.17. The van der Waals surface area contributed by atoms with Gasteiger partial charge in [0.05, 0.1) is 10.4 Å². The maximum Gasteiger partial charge on any atom is 0.462 e. The molecule has 1 aliphatic heterocycles. The highest BCUT2D eigenvalue weighted by molar-refractivity contribution is 6.53. The van der Waals surface area contributed by atoms with E-state index in [0.29, 0.717) is 0 Å². The van der Waals surface area contributed by atoms with Gasteiger partial charge in [0.1, 0.15) is 0 Å². The summed E-state index contributed by atoms with van der Waals surface area (Å²) in [7, 11) is -0.0903. The van der Waals surface area contributed by atoms with Gasteiger partial charge >= 0.3 is 9.45 Å². The SMILES string of the molecule is [SiH3]N[SiH]1OO1. The zero-order valence-electron chi connectivity index (χ0n) is 2.89. The van der Waals surface area contributed by atoms with Gasteiger partial charge in [-0.3, -0.25) is 0 Å². The third kappa shape index (κ3) is 0.818. The molecule has 0 saturated carbocycles. The van der Waals surface area contributed by atoms with Crippen molar-refractivity contribution in [3.05, 3.63) is 0 Å². The van der Waals surface area contributed by atoms with E-state index in [1.165, 1.54) is 0 Å². The molecule has 3 nitrogen and oxygen atoms in total. The first-order chi connectivity index (χ1) is 2.43. The van der Waals surface area contributed by atoms with E-state index in [1.54, 1.807) is 0 Å². The largest absolute Gasteiger partial charge is 0.462 e. The molecule has 0 radical (unpaired) electrons. The van der Waals surface area contributed by atoms with Crippen molar-refractivity contribution in [2.45, 2.75) is 0 Å². The van der Waals surface area contributed by atoms with Crippen molar-refractivity contribution < 1.29 is 9.15 Å². The molecular weight excluding hydrogens is 102 g/mol. The lowest BCUT2D eigenvalue weighted by Gasteiger charge is -1.67. The van der Waals surface area contributed by atoms with Crippen LogP contribution in [0, 0.1) is 0 Å². The molecule has 1 aliphatic rings. The molecule has 1 rings (SSSR count). The van der Waals surface area contributed by atoms with Crippen LogP contribution in [-0.4, -0.2) is 19.8 Å². The van der Waals surface area contributed by atoms with Crippen LogP contribution in [0.3, 0.4) is 0 Å². The fourth-order valence-electron chi connectivity index (χ4n) is 0.124. The second-order valence-electron chi connectivity index (χ2n) is 0.813. The van der Waals surface area contributed by atoms with E-state index >= 15 is 0 Å². The fourth-order valence-corrected chi connectivity index (χ4v) is 1.12. The topological polar surface area (TPSA) is 37.1 Å². The standard InChI is InChI=1S/H5NO2Si2/c4-1-5-2-3-5/h1,5H,4H3. The molecule has 1 heterocycles. The van der Waals surface area contributed by atoms with Gasteiger partial charge in [-0.15, -0.1) is 0 Å². The summed E-state index contributed by atoms with van der Waals surface area (Å²) in [4.78, 5) is 0. The Morgan fingerprint density at radius 1 is 1.60 bits per heavy atom. The molecule has 0 unspecified atom stereocenters. The average molecular weight is 107 g/mol. The van der Waals surface area contributed by atoms with Gasteiger partial charge < -0.3 is 4.65 Å². The third-order valence-corrected chi connectivity index (χ3v) is 2.70. The molecule has 0 aliphatic carbocycles. The Balaban J connectivity index is 2.00. The van der Waals surface area contributed by atoms with Gasteiger partial charge in [-0.1, -0.05) is 0 Å². The third-order valence-electron chi connectivity index (χ3n) is 0.428. The Kier molecular flexibility index (Phi) is 0.832. The minimum absolute atomic E-state index is 0.998. The van der Waals surface area contributed by atoms with Crippen LogP contribution in [0.15, 0.2) is 0 Å². The summed E-state index contributed by atoms with van der Waals surface area (Å²) in [6.07, 6.45) is 0. The number of rotatable bonds is 1. The smallest absolute Gasteiger partial charge is 0.323 e. The predicted molar refractivity (Wildman–Crippen MR) is 22.4 cm³/mol. The van der Waals surface area contributed by atoms with Crippen LogP contribution in [-0.2, 0) is 9.15 Å². The molecule has 0 atom stereocenters. The van der Waals surface area contributed by atoms with Crippen LogP contribution in [0.2, 0.25) is 0 Å². The molecule has 0 spiro atoms. The van der Waals surface area contributed by atoms with Crippen molar-refractivity contribution >= 4 is 19.8 Å². The second kappa shape index (κ2) is 1.19. The van der Waals surface area contributed by atoms with Gasteiger partial charge in [-0.2, -0.15) is 0 Å². The molecule has 1 fully saturated rings. The number of hydrogen-bond donors (Lipinski definition) is 1. The highest BCUT2D eigenvalue weighted by atomic mass is 28.4. The quantitative estimate of drug-likeness (QED) is 0.229. The normalized spacial score (nSPS) is 24.0. The van der Waals surface area contributed by atoms with E-state index in [1.807, 2.05) is 0 Å². The Labute approximate surface area is 34.6 Å². The Morgan fingerprint density at radius 3 is 2.20 bits per heavy atom. The summed E-state index contributed by atoms with van der Waals surface area (Å²) in [5, 5.41) is 0. The first kappa shape index (κ1) is 3.50. The first-order valence-corrected chi connectivity index (χ1v) is 3.95. The molecule has 5 heteroatoms. The average Bonchev–Trinajstić information content (AvgIpc) is 2.12. The zero-order valence-corrected chi connectivity index (χ0v) is 6.05. The van der Waals surface area contributed by atoms with E-state index in [9.17, 15) is 0 Å². The van der Waals surface area contributed by atoms with E-state index < -0.39 is 9.45 Å². The van der Waals surface area contributed by atoms with Crippen LogP contribution < -0.4 is 4.65 Å². The summed E-state index contributed by atoms with van der Waals surface area (Å²) in [5.74, 6) is 0. The summed E-state index contributed by atoms with van der Waals surface area (Å²) >= 11 is 0. The van der Waals surface area contributed by atoms with Gasteiger partial charge in [-0.05, 0) is 0 Å². The molecule has 0 aromatic rings. The lowest BCUT2D eigenvalue weighted by Crippen LogP contribution is -2.16. The van der Waals surface area contributed by atoms with Crippen molar-refractivity contribution in [2.75, 3.05) is 0 Å². The minimum atomic E-state index is -1.09. The first-order valence-electron chi connectivity index (χ1n) is 1.43. The molecule has 0 aromatic heterocycles. The Hall–Kier alpha value is 0.314. The predicted octanol–water partition coefficient (Wildman–Crippen LogP) is -2.46. The molecule has 0 bridgehead atoms. The summed E-state index contributed by atoms with van der Waals surface area (Å²) < 4.78 is 11.8. The monoisotopic (exact) mass is 107 g/mol. The van der Waals surface area contributed by atoms with E-state index in [2.05, 4.69) is 13.8 Å². The molecule has 0 aromatic carbocycles. The van der Waals surface area contributed by atoms with E-state index in [0.717, 1.165) is 10.4 Å². The molecule has 5 heavy (non-hydrogen) atoms. The van der Waals surface area contributed by atoms with Crippen molar-refractivity contribution in [2.24, 2.45) is 0 Å². The van der Waals surface area contributed by atoms with Crippen molar-refractivity contribution in [1.29, 1.82) is 0 Å². The van der Waals surface area contributed by atoms with Gasteiger partial charge in [0.2, 0.25) is 0 Å². The van der Waals surface area contributed by atoms with Crippen molar-refractivity contribution in [1.82, 2.24) is 4.65 Å². The molecular formula is H5NO2Si2. The summed E-state index contributed by atoms with van der Waals surface area (Å²) in [6, 6.07) is 0. The van der Waals surface area contributed by atoms with Crippen LogP contribution >= 0.6 is 0 Å². The van der Waals surface area contributed by atoms with Gasteiger partial charge in [0, 0.05) is 0 Å². The number of hydrogen-bond acceptors (Lipinski definition) is 3. The van der Waals surface area contributed by atoms with Crippen LogP contribution in [0.1, 0.15) is 0 Å². The maximum absolute atomic E-state index is 4.42. The lowest BCUT2D eigenvalue weighted by molar-refractivity contribution is 0.0850. The van der Waals surface area contributed by atoms with E-state index in [4.69, 9.17) is 0 Å². The summed E-state index contributed by atoms with van der Waals surface area (Å²) in [5.41, 5.74) is 0. The zero-order chi connectivity index (χ0) is 3.70. The molecule has 1 saturated heterocycles. The molecule has 30 valence electrons. The number of nitrogens with one attached hydrogen (secondary N) is 1. The van der Waals surface area contributed by atoms with E-state index in [-0.39, 0.29) is 0 Å². The van der Waals surface area contributed by atoms with Crippen LogP contribution in [0.5, 0.6) is 0 Å². The molecule has 1 N–H and O–H groups in total. The van der Waals surface area contributed by atoms with Crippen molar-refractivity contribution in [3.8, 4) is 0 Å². The highest BCUT2D eigenvalue weighted by Gasteiger charge is 2.26. The summed E-state index contributed by atoms with van der Waals surface area (Å²) in [6.45, 7) is 0. The van der Waals surface area contributed by atoms with Gasteiger partial charge in [0.15, 0.2) is 0 Å². The van der Waals surface area contributed by atoms with Gasteiger partial charge in [-0.25, -0.2) is 9.15 Å². The minimum Gasteiger partial charge on any atom is -0.323 e. The van der Waals surface area contributed by atoms with Crippen LogP contribution in [0.25, 0.3) is 0 Å².